The number of hydrogen-bond acceptors (Lipinski definition) is 3. The molecule has 0 radical (unpaired) electrons. The van der Waals surface area contributed by atoms with E-state index in [1.165, 1.54) is 5.56 Å². The number of nitrogens with one attached hydrogen (secondary N) is 1. The number of benzene rings is 2. The van der Waals surface area contributed by atoms with Gasteiger partial charge in [-0.1, -0.05) is 30.3 Å². The number of piperazine rings is 1. The van der Waals surface area contributed by atoms with Crippen LogP contribution in [-0.2, 0) is 6.42 Å². The van der Waals surface area contributed by atoms with Crippen LogP contribution in [0.25, 0.3) is 0 Å². The zero-order valence-corrected chi connectivity index (χ0v) is 12.4. The van der Waals surface area contributed by atoms with E-state index < -0.39 is 5.97 Å². The van der Waals surface area contributed by atoms with Gasteiger partial charge in [-0.15, -0.1) is 0 Å². The predicted molar refractivity (Wildman–Crippen MR) is 87.6 cm³/mol. The van der Waals surface area contributed by atoms with Crippen LogP contribution >= 0.6 is 0 Å². The Morgan fingerprint density at radius 2 is 1.86 bits per heavy atom. The van der Waals surface area contributed by atoms with Crippen molar-refractivity contribution < 1.29 is 9.90 Å². The maximum absolute atomic E-state index is 11.0. The number of nitrogens with zero attached hydrogens (tertiary/aromatic N) is 1. The molecule has 0 spiro atoms. The average Bonchev–Trinajstić information content (AvgIpc) is 2.56. The average molecular weight is 296 g/mol. The number of carboxylic acid groups (broad SMARTS) is 1. The first-order valence-corrected chi connectivity index (χ1v) is 7.58. The van der Waals surface area contributed by atoms with Gasteiger partial charge in [-0.05, 0) is 36.2 Å². The van der Waals surface area contributed by atoms with Gasteiger partial charge in [0.25, 0.3) is 0 Å². The molecule has 1 heterocycles. The molecule has 0 amide bonds. The van der Waals surface area contributed by atoms with Gasteiger partial charge in [0, 0.05) is 31.4 Å². The molecular weight excluding hydrogens is 276 g/mol. The Morgan fingerprint density at radius 1 is 1.14 bits per heavy atom. The number of carbonyl (C=O) groups is 1. The van der Waals surface area contributed by atoms with Gasteiger partial charge < -0.3 is 15.3 Å². The number of aromatic carboxylic acids is 1. The molecule has 2 aromatic rings. The van der Waals surface area contributed by atoms with Crippen LogP contribution in [0.5, 0.6) is 0 Å². The molecule has 0 saturated carbocycles. The number of carboxylic acids is 1. The van der Waals surface area contributed by atoms with Crippen molar-refractivity contribution in [3.63, 3.8) is 0 Å². The van der Waals surface area contributed by atoms with Crippen molar-refractivity contribution in [3.8, 4) is 0 Å². The fourth-order valence-corrected chi connectivity index (χ4v) is 2.96. The molecule has 4 nitrogen and oxygen atoms in total. The summed E-state index contributed by atoms with van der Waals surface area (Å²) in [6, 6.07) is 18.0. The molecule has 1 fully saturated rings. The lowest BCUT2D eigenvalue weighted by atomic mass is 10.0. The van der Waals surface area contributed by atoms with E-state index in [0.29, 0.717) is 11.6 Å². The fraction of sp³-hybridized carbons (Fsp3) is 0.278. The van der Waals surface area contributed by atoms with Crippen LogP contribution in [0.1, 0.15) is 15.9 Å². The molecule has 1 unspecified atom stereocenters. The highest BCUT2D eigenvalue weighted by Gasteiger charge is 2.22. The smallest absolute Gasteiger partial charge is 0.335 e. The Hall–Kier alpha value is -2.33. The molecule has 0 aliphatic carbocycles. The Kier molecular flexibility index (Phi) is 4.39. The highest BCUT2D eigenvalue weighted by atomic mass is 16.4. The van der Waals surface area contributed by atoms with Crippen molar-refractivity contribution in [1.82, 2.24) is 5.32 Å². The summed E-state index contributed by atoms with van der Waals surface area (Å²) in [7, 11) is 0. The van der Waals surface area contributed by atoms with Crippen LogP contribution in [0.2, 0.25) is 0 Å². The van der Waals surface area contributed by atoms with Crippen LogP contribution in [0.4, 0.5) is 5.69 Å². The zero-order chi connectivity index (χ0) is 15.4. The predicted octanol–water partition coefficient (Wildman–Crippen LogP) is 2.41. The Morgan fingerprint density at radius 3 is 2.55 bits per heavy atom. The van der Waals surface area contributed by atoms with Crippen LogP contribution in [0.15, 0.2) is 54.6 Å². The Balaban J connectivity index is 1.78. The lowest BCUT2D eigenvalue weighted by Crippen LogP contribution is -2.52. The molecule has 1 atom stereocenters. The van der Waals surface area contributed by atoms with E-state index in [-0.39, 0.29) is 0 Å². The summed E-state index contributed by atoms with van der Waals surface area (Å²) >= 11 is 0. The van der Waals surface area contributed by atoms with Crippen LogP contribution < -0.4 is 10.2 Å². The van der Waals surface area contributed by atoms with Crippen molar-refractivity contribution in [2.75, 3.05) is 24.5 Å². The van der Waals surface area contributed by atoms with E-state index in [1.807, 2.05) is 18.2 Å². The lowest BCUT2D eigenvalue weighted by Gasteiger charge is -2.38. The normalized spacial score (nSPS) is 18.2. The fourth-order valence-electron chi connectivity index (χ4n) is 2.96. The van der Waals surface area contributed by atoms with E-state index in [4.69, 9.17) is 5.11 Å². The maximum Gasteiger partial charge on any atom is 0.335 e. The second-order valence-electron chi connectivity index (χ2n) is 5.59. The first-order valence-electron chi connectivity index (χ1n) is 7.58. The summed E-state index contributed by atoms with van der Waals surface area (Å²) in [5.41, 5.74) is 2.74. The van der Waals surface area contributed by atoms with E-state index in [0.717, 1.165) is 31.7 Å². The second kappa shape index (κ2) is 6.62. The molecule has 2 N–H and O–H groups in total. The van der Waals surface area contributed by atoms with Crippen molar-refractivity contribution in [2.24, 2.45) is 0 Å². The van der Waals surface area contributed by atoms with Crippen LogP contribution in [0, 0.1) is 0 Å². The van der Waals surface area contributed by atoms with Gasteiger partial charge in [-0.25, -0.2) is 4.79 Å². The van der Waals surface area contributed by atoms with Crippen molar-refractivity contribution >= 4 is 11.7 Å². The quantitative estimate of drug-likeness (QED) is 0.910. The number of anilines is 1. The first kappa shape index (κ1) is 14.6. The van der Waals surface area contributed by atoms with Crippen LogP contribution in [-0.4, -0.2) is 36.8 Å². The molecule has 4 heteroatoms. The maximum atomic E-state index is 11.0. The van der Waals surface area contributed by atoms with Gasteiger partial charge >= 0.3 is 5.97 Å². The third-order valence-corrected chi connectivity index (χ3v) is 4.11. The van der Waals surface area contributed by atoms with Crippen molar-refractivity contribution in [3.05, 3.63) is 65.7 Å². The van der Waals surface area contributed by atoms with Gasteiger partial charge in [0.05, 0.1) is 5.56 Å². The van der Waals surface area contributed by atoms with E-state index in [9.17, 15) is 4.79 Å². The second-order valence-corrected chi connectivity index (χ2v) is 5.59. The molecule has 1 aliphatic rings. The Bertz CT molecular complexity index is 625. The van der Waals surface area contributed by atoms with Crippen molar-refractivity contribution in [2.45, 2.75) is 12.5 Å². The van der Waals surface area contributed by atoms with E-state index >= 15 is 0 Å². The summed E-state index contributed by atoms with van der Waals surface area (Å²) in [5.74, 6) is -0.882. The summed E-state index contributed by atoms with van der Waals surface area (Å²) in [5, 5.41) is 12.5. The molecule has 2 aromatic carbocycles. The lowest BCUT2D eigenvalue weighted by molar-refractivity contribution is 0.0697. The summed E-state index contributed by atoms with van der Waals surface area (Å²) in [6.45, 7) is 2.82. The highest BCUT2D eigenvalue weighted by molar-refractivity contribution is 5.88. The van der Waals surface area contributed by atoms with Gasteiger partial charge in [-0.3, -0.25) is 0 Å². The Labute approximate surface area is 130 Å². The van der Waals surface area contributed by atoms with Gasteiger partial charge in [0.1, 0.15) is 0 Å². The van der Waals surface area contributed by atoms with E-state index in [1.54, 1.807) is 12.1 Å². The molecule has 0 bridgehead atoms. The topological polar surface area (TPSA) is 52.6 Å². The monoisotopic (exact) mass is 296 g/mol. The molecule has 3 rings (SSSR count). The van der Waals surface area contributed by atoms with Gasteiger partial charge in [-0.2, -0.15) is 0 Å². The third-order valence-electron chi connectivity index (χ3n) is 4.11. The summed E-state index contributed by atoms with van der Waals surface area (Å²) < 4.78 is 0. The largest absolute Gasteiger partial charge is 0.478 e. The molecular formula is C18H20N2O2. The van der Waals surface area contributed by atoms with Crippen LogP contribution in [0.3, 0.4) is 0 Å². The minimum atomic E-state index is -0.882. The van der Waals surface area contributed by atoms with E-state index in [2.05, 4.69) is 34.5 Å². The summed E-state index contributed by atoms with van der Waals surface area (Å²) in [6.07, 6.45) is 0.981. The van der Waals surface area contributed by atoms with Gasteiger partial charge in [0.15, 0.2) is 0 Å². The zero-order valence-electron chi connectivity index (χ0n) is 12.4. The first-order chi connectivity index (χ1) is 10.7. The molecule has 114 valence electrons. The van der Waals surface area contributed by atoms with Crippen molar-refractivity contribution in [1.29, 1.82) is 0 Å². The highest BCUT2D eigenvalue weighted by Crippen LogP contribution is 2.21. The molecule has 1 saturated heterocycles. The van der Waals surface area contributed by atoms with Gasteiger partial charge in [0.2, 0.25) is 0 Å². The molecule has 22 heavy (non-hydrogen) atoms. The minimum absolute atomic E-state index is 0.332. The standard InChI is InChI=1S/C18H20N2O2/c21-18(22)15-6-8-16(9-7-15)20-11-10-19-13-17(20)12-14-4-2-1-3-5-14/h1-9,17,19H,10-13H2,(H,21,22). The third kappa shape index (κ3) is 3.28. The molecule has 1 aliphatic heterocycles. The number of rotatable bonds is 4. The summed E-state index contributed by atoms with van der Waals surface area (Å²) in [4.78, 5) is 13.3. The minimum Gasteiger partial charge on any atom is -0.478 e. The SMILES string of the molecule is O=C(O)c1ccc(N2CCNCC2Cc2ccccc2)cc1. The number of hydrogen-bond donors (Lipinski definition) is 2. The molecule has 0 aromatic heterocycles.